The third kappa shape index (κ3) is 5.77. The number of aryl methyl sites for hydroxylation is 1. The Hall–Kier alpha value is -3.45. The van der Waals surface area contributed by atoms with Crippen molar-refractivity contribution in [2.24, 2.45) is 5.92 Å². The second kappa shape index (κ2) is 10.9. The van der Waals surface area contributed by atoms with E-state index in [1.165, 1.54) is 12.8 Å². The molecule has 5 rings (SSSR count). The molecule has 2 N–H and O–H groups in total. The molecule has 37 heavy (non-hydrogen) atoms. The minimum atomic E-state index is -0.229. The van der Waals surface area contributed by atoms with Crippen LogP contribution in [0.3, 0.4) is 0 Å². The van der Waals surface area contributed by atoms with E-state index in [1.807, 2.05) is 37.3 Å². The Morgan fingerprint density at radius 3 is 2.62 bits per heavy atom. The van der Waals surface area contributed by atoms with Crippen LogP contribution in [0.1, 0.15) is 67.1 Å². The fourth-order valence-corrected chi connectivity index (χ4v) is 5.31. The molecule has 1 saturated heterocycles. The van der Waals surface area contributed by atoms with Crippen LogP contribution >= 0.6 is 0 Å². The number of likely N-dealkylation sites (tertiary alicyclic amines) is 1. The lowest BCUT2D eigenvalue weighted by Crippen LogP contribution is -2.36. The predicted octanol–water partition coefficient (Wildman–Crippen LogP) is 4.71. The number of carbonyl (C=O) groups is 1. The van der Waals surface area contributed by atoms with E-state index in [1.54, 1.807) is 23.0 Å². The number of hydrogen-bond acceptors (Lipinski definition) is 5. The number of rotatable bonds is 9. The molecule has 2 heterocycles. The van der Waals surface area contributed by atoms with Crippen LogP contribution in [0.5, 0.6) is 0 Å². The molecule has 1 aliphatic carbocycles. The average molecular weight is 500 g/mol. The molecule has 194 valence electrons. The van der Waals surface area contributed by atoms with Crippen molar-refractivity contribution in [3.63, 3.8) is 0 Å². The smallest absolute Gasteiger partial charge is 0.297 e. The number of hydrogen-bond donors (Lipinski definition) is 2. The summed E-state index contributed by atoms with van der Waals surface area (Å²) >= 11 is 0. The molecule has 2 aliphatic rings. The number of nitrogens with one attached hydrogen (secondary N) is 2. The zero-order chi connectivity index (χ0) is 25.9. The molecule has 1 saturated carbocycles. The number of aromatic nitrogens is 2. The number of carbonyl (C=O) groups excluding carboxylic acids is 1. The summed E-state index contributed by atoms with van der Waals surface area (Å²) in [5.74, 6) is 0.470. The highest BCUT2D eigenvalue weighted by Crippen LogP contribution is 2.28. The van der Waals surface area contributed by atoms with E-state index in [9.17, 15) is 9.59 Å². The van der Waals surface area contributed by atoms with Crippen molar-refractivity contribution in [2.45, 2.75) is 64.6 Å². The Bertz CT molecular complexity index is 1300. The van der Waals surface area contributed by atoms with E-state index >= 15 is 0 Å². The summed E-state index contributed by atoms with van der Waals surface area (Å²) in [6.45, 7) is 8.55. The van der Waals surface area contributed by atoms with E-state index in [0.717, 1.165) is 37.1 Å². The molecule has 1 aliphatic heterocycles. The van der Waals surface area contributed by atoms with Gasteiger partial charge in [0, 0.05) is 36.6 Å². The molecular formula is C30H37N5O2. The summed E-state index contributed by atoms with van der Waals surface area (Å²) in [5, 5.41) is 6.53. The van der Waals surface area contributed by atoms with Gasteiger partial charge in [-0.2, -0.15) is 0 Å². The Balaban J connectivity index is 1.44. The van der Waals surface area contributed by atoms with Gasteiger partial charge in [0.25, 0.3) is 11.5 Å². The van der Waals surface area contributed by atoms with Crippen molar-refractivity contribution in [1.82, 2.24) is 19.8 Å². The molecule has 1 amide bonds. The lowest BCUT2D eigenvalue weighted by atomic mass is 9.93. The van der Waals surface area contributed by atoms with Gasteiger partial charge in [0.15, 0.2) is 5.82 Å². The molecule has 2 fully saturated rings. The molecule has 1 aromatic heterocycles. The molecule has 0 bridgehead atoms. The van der Waals surface area contributed by atoms with Gasteiger partial charge >= 0.3 is 0 Å². The largest absolute Gasteiger partial charge is 0.358 e. The zero-order valence-electron chi connectivity index (χ0n) is 22.0. The summed E-state index contributed by atoms with van der Waals surface area (Å²) in [5.41, 5.74) is 3.06. The lowest BCUT2D eigenvalue weighted by molar-refractivity contribution is 0.0951. The van der Waals surface area contributed by atoms with Gasteiger partial charge < -0.3 is 15.5 Å². The zero-order valence-corrected chi connectivity index (χ0v) is 22.0. The normalized spacial score (nSPS) is 19.4. The number of nitrogens with zero attached hydrogens (tertiary/aromatic N) is 3. The van der Waals surface area contributed by atoms with Gasteiger partial charge in [-0.1, -0.05) is 43.3 Å². The molecule has 7 heteroatoms. The monoisotopic (exact) mass is 499 g/mol. The standard InChI is InChI=1S/C30H37N5O2/c1-20-11-12-24(29(36)32-25-13-14-25)18-26(20)35-17-15-31-28(30(35)37)33-27(23-9-5-4-6-10-23)21(2)19-34-16-7-8-22(34)3/h4-6,9-12,15,17-18,21-22,25,27H,7-8,13-14,16,19H2,1-3H3,(H,31,33)(H,32,36)/t21-,22-,27-/m1/s1. The molecule has 3 aromatic rings. The summed E-state index contributed by atoms with van der Waals surface area (Å²) < 4.78 is 1.59. The summed E-state index contributed by atoms with van der Waals surface area (Å²) in [7, 11) is 0. The van der Waals surface area contributed by atoms with Gasteiger partial charge in [0.05, 0.1) is 11.7 Å². The van der Waals surface area contributed by atoms with Crippen molar-refractivity contribution >= 4 is 11.7 Å². The lowest BCUT2D eigenvalue weighted by Gasteiger charge is -2.31. The quantitative estimate of drug-likeness (QED) is 0.446. The second-order valence-electron chi connectivity index (χ2n) is 10.7. The SMILES string of the molecule is Cc1ccc(C(=O)NC2CC2)cc1-n1ccnc(N[C@@H](c2ccccc2)[C@H](C)CN2CCC[C@H]2C)c1=O. The molecular weight excluding hydrogens is 462 g/mol. The Morgan fingerprint density at radius 1 is 1.14 bits per heavy atom. The highest BCUT2D eigenvalue weighted by atomic mass is 16.2. The number of benzene rings is 2. The molecule has 2 aromatic carbocycles. The van der Waals surface area contributed by atoms with Crippen LogP contribution in [0.4, 0.5) is 5.82 Å². The molecule has 0 radical (unpaired) electrons. The van der Waals surface area contributed by atoms with Crippen LogP contribution in [0.15, 0.2) is 65.7 Å². The molecule has 7 nitrogen and oxygen atoms in total. The Kier molecular flexibility index (Phi) is 7.42. The van der Waals surface area contributed by atoms with Crippen molar-refractivity contribution in [3.05, 3.63) is 88.0 Å². The first-order valence-electron chi connectivity index (χ1n) is 13.5. The highest BCUT2D eigenvalue weighted by molar-refractivity contribution is 5.95. The van der Waals surface area contributed by atoms with Crippen molar-refractivity contribution < 1.29 is 4.79 Å². The molecule has 0 spiro atoms. The third-order valence-corrected chi connectivity index (χ3v) is 7.72. The topological polar surface area (TPSA) is 79.3 Å². The maximum absolute atomic E-state index is 13.7. The Morgan fingerprint density at radius 2 is 1.92 bits per heavy atom. The van der Waals surface area contributed by atoms with Crippen molar-refractivity contribution in [2.75, 3.05) is 18.4 Å². The predicted molar refractivity (Wildman–Crippen MR) is 147 cm³/mol. The Labute approximate surface area is 218 Å². The number of anilines is 1. The van der Waals surface area contributed by atoms with E-state index in [4.69, 9.17) is 0 Å². The fraction of sp³-hybridized carbons (Fsp3) is 0.433. The first-order chi connectivity index (χ1) is 17.9. The van der Waals surface area contributed by atoms with Crippen molar-refractivity contribution in [3.8, 4) is 5.69 Å². The van der Waals surface area contributed by atoms with E-state index in [-0.39, 0.29) is 29.5 Å². The summed E-state index contributed by atoms with van der Waals surface area (Å²) in [6.07, 6.45) is 7.85. The second-order valence-corrected chi connectivity index (χ2v) is 10.7. The van der Waals surface area contributed by atoms with E-state index in [2.05, 4.69) is 46.5 Å². The van der Waals surface area contributed by atoms with E-state index in [0.29, 0.717) is 23.1 Å². The van der Waals surface area contributed by atoms with Crippen LogP contribution in [0.25, 0.3) is 5.69 Å². The maximum Gasteiger partial charge on any atom is 0.297 e. The van der Waals surface area contributed by atoms with Crippen LogP contribution in [-0.4, -0.2) is 45.5 Å². The van der Waals surface area contributed by atoms with Crippen LogP contribution < -0.4 is 16.2 Å². The van der Waals surface area contributed by atoms with Gasteiger partial charge in [-0.15, -0.1) is 0 Å². The average Bonchev–Trinajstić information content (AvgIpc) is 3.63. The van der Waals surface area contributed by atoms with Gasteiger partial charge in [0.1, 0.15) is 0 Å². The van der Waals surface area contributed by atoms with Gasteiger partial charge in [0.2, 0.25) is 0 Å². The van der Waals surface area contributed by atoms with E-state index < -0.39 is 0 Å². The minimum absolute atomic E-state index is 0.0678. The molecule has 3 atom stereocenters. The van der Waals surface area contributed by atoms with Crippen LogP contribution in [0, 0.1) is 12.8 Å². The first-order valence-corrected chi connectivity index (χ1v) is 13.5. The maximum atomic E-state index is 13.7. The van der Waals surface area contributed by atoms with Crippen LogP contribution in [0.2, 0.25) is 0 Å². The molecule has 0 unspecified atom stereocenters. The van der Waals surface area contributed by atoms with Gasteiger partial charge in [-0.25, -0.2) is 4.98 Å². The minimum Gasteiger partial charge on any atom is -0.358 e. The van der Waals surface area contributed by atoms with Gasteiger partial charge in [-0.05, 0) is 75.3 Å². The number of amides is 1. The summed E-state index contributed by atoms with van der Waals surface area (Å²) in [6, 6.07) is 16.6. The van der Waals surface area contributed by atoms with Gasteiger partial charge in [-0.3, -0.25) is 14.2 Å². The van der Waals surface area contributed by atoms with Crippen LogP contribution in [-0.2, 0) is 0 Å². The summed E-state index contributed by atoms with van der Waals surface area (Å²) in [4.78, 5) is 33.4. The van der Waals surface area contributed by atoms with Crippen molar-refractivity contribution in [1.29, 1.82) is 0 Å². The third-order valence-electron chi connectivity index (χ3n) is 7.72. The highest BCUT2D eigenvalue weighted by Gasteiger charge is 2.28. The first kappa shape index (κ1) is 25.2. The fourth-order valence-electron chi connectivity index (χ4n) is 5.31.